The first-order chi connectivity index (χ1) is 27.7. The van der Waals surface area contributed by atoms with Crippen LogP contribution in [-0.2, 0) is 37.7 Å². The highest BCUT2D eigenvalue weighted by molar-refractivity contribution is 6.74. The Morgan fingerprint density at radius 2 is 1.46 bits per heavy atom. The van der Waals surface area contributed by atoms with Gasteiger partial charge in [0.2, 0.25) is 0 Å². The Labute approximate surface area is 359 Å². The smallest absolute Gasteiger partial charge is 0.193 e. The van der Waals surface area contributed by atoms with E-state index in [2.05, 4.69) is 88.6 Å². The molecule has 17 atom stereocenters. The third-order valence-electron chi connectivity index (χ3n) is 16.3. The molecule has 0 spiro atoms. The molecule has 59 heavy (non-hydrogen) atoms. The Morgan fingerprint density at radius 1 is 0.780 bits per heavy atom. The van der Waals surface area contributed by atoms with Gasteiger partial charge in [-0.3, -0.25) is 9.59 Å². The lowest BCUT2D eigenvalue weighted by molar-refractivity contribution is -0.237. The minimum atomic E-state index is -2.23. The van der Waals surface area contributed by atoms with Gasteiger partial charge in [0.05, 0.1) is 67.1 Å². The van der Waals surface area contributed by atoms with Gasteiger partial charge in [-0.1, -0.05) is 88.0 Å². The van der Waals surface area contributed by atoms with E-state index in [1.807, 2.05) is 6.08 Å². The van der Waals surface area contributed by atoms with Crippen molar-refractivity contribution in [1.29, 1.82) is 0 Å². The Bertz CT molecular complexity index is 1510. The number of ketones is 2. The third kappa shape index (κ3) is 11.2. The molecule has 5 saturated heterocycles. The van der Waals surface area contributed by atoms with Gasteiger partial charge in [0.1, 0.15) is 5.78 Å². The van der Waals surface area contributed by atoms with Gasteiger partial charge in [-0.15, -0.1) is 0 Å². The predicted octanol–water partition coefficient (Wildman–Crippen LogP) is 10.9. The standard InChI is InChI=1S/C50H82O8Si/c1-14-29(2)23-45-35(8)41-27-37(52)26-40-19-22-43-48(55-40)33(6)34(7)49(57-43)44(58-59(12,13)50(9,10)11)20-16-36(51)15-17-38-25-31(4)42(53-38)21-18-39-24-30(3)32(5)46(54-39)28-47(41)56-45/h16,20,29-30,33-35,38-49H,4-5,14-15,17-19,21-28H2,1-3,6-13H3/b20-16+/t29-,30-,33-,34+,35-,38+,39?,40?,41-,42+,43+,44+,45-,46?,47+,48-,49-/m1/s1. The van der Waals surface area contributed by atoms with Crippen molar-refractivity contribution in [3.05, 3.63) is 36.5 Å². The molecule has 3 unspecified atom stereocenters. The molecule has 5 fully saturated rings. The molecule has 0 aromatic rings. The highest BCUT2D eigenvalue weighted by Gasteiger charge is 2.50. The van der Waals surface area contributed by atoms with Crippen LogP contribution in [0.25, 0.3) is 0 Å². The van der Waals surface area contributed by atoms with Crippen LogP contribution < -0.4 is 0 Å². The topological polar surface area (TPSA) is 89.5 Å². The normalized spacial score (nSPS) is 43.2. The number of rotatable bonds is 5. The van der Waals surface area contributed by atoms with Crippen LogP contribution >= 0.6 is 0 Å². The Balaban J connectivity index is 1.25. The Morgan fingerprint density at radius 3 is 2.17 bits per heavy atom. The Hall–Kier alpha value is -1.46. The lowest BCUT2D eigenvalue weighted by Gasteiger charge is -2.51. The molecular formula is C50H82O8Si. The zero-order valence-electron chi connectivity index (χ0n) is 38.8. The summed E-state index contributed by atoms with van der Waals surface area (Å²) in [5.41, 5.74) is 2.26. The van der Waals surface area contributed by atoms with Crippen LogP contribution in [0, 0.1) is 35.5 Å². The number of ether oxygens (including phenoxy) is 5. The van der Waals surface area contributed by atoms with E-state index in [9.17, 15) is 9.59 Å². The molecule has 0 aromatic carbocycles. The lowest BCUT2D eigenvalue weighted by Crippen LogP contribution is -2.58. The molecule has 8 aliphatic heterocycles. The van der Waals surface area contributed by atoms with Crippen LogP contribution in [0.1, 0.15) is 146 Å². The first kappa shape index (κ1) is 47.0. The summed E-state index contributed by atoms with van der Waals surface area (Å²) in [6.07, 6.45) is 12.8. The van der Waals surface area contributed by atoms with Crippen molar-refractivity contribution in [2.45, 2.75) is 231 Å². The van der Waals surface area contributed by atoms with E-state index in [4.69, 9.17) is 28.1 Å². The van der Waals surface area contributed by atoms with Gasteiger partial charge >= 0.3 is 0 Å². The van der Waals surface area contributed by atoms with E-state index in [1.165, 1.54) is 0 Å². The van der Waals surface area contributed by atoms with E-state index >= 15 is 0 Å². The van der Waals surface area contributed by atoms with Crippen molar-refractivity contribution in [2.24, 2.45) is 35.5 Å². The fourth-order valence-corrected chi connectivity index (χ4v) is 12.0. The average molecular weight is 839 g/mol. The second-order valence-corrected chi connectivity index (χ2v) is 26.4. The Kier molecular flexibility index (Phi) is 15.6. The maximum atomic E-state index is 14.2. The van der Waals surface area contributed by atoms with Gasteiger partial charge < -0.3 is 28.1 Å². The van der Waals surface area contributed by atoms with Crippen molar-refractivity contribution in [3.8, 4) is 0 Å². The van der Waals surface area contributed by atoms with Crippen LogP contribution in [-0.4, -0.2) is 87.0 Å². The maximum Gasteiger partial charge on any atom is 0.193 e. The van der Waals surface area contributed by atoms with Gasteiger partial charge in [-0.2, -0.15) is 0 Å². The lowest BCUT2D eigenvalue weighted by atomic mass is 9.76. The average Bonchev–Trinajstić information content (AvgIpc) is 3.67. The summed E-state index contributed by atoms with van der Waals surface area (Å²) in [5, 5.41) is -0.00479. The highest BCUT2D eigenvalue weighted by Crippen LogP contribution is 2.46. The zero-order valence-corrected chi connectivity index (χ0v) is 39.8. The minimum absolute atomic E-state index is 0.00479. The van der Waals surface area contributed by atoms with Gasteiger partial charge in [0.25, 0.3) is 0 Å². The first-order valence-corrected chi connectivity index (χ1v) is 26.7. The summed E-state index contributed by atoms with van der Waals surface area (Å²) in [7, 11) is -2.23. The van der Waals surface area contributed by atoms with Crippen LogP contribution in [0.4, 0.5) is 0 Å². The van der Waals surface area contributed by atoms with Crippen molar-refractivity contribution in [2.75, 3.05) is 0 Å². The predicted molar refractivity (Wildman–Crippen MR) is 238 cm³/mol. The molecule has 0 N–H and O–H groups in total. The molecule has 8 rings (SSSR count). The number of carbonyl (C=O) groups excluding carboxylic acids is 2. The molecule has 0 aliphatic carbocycles. The number of fused-ring (bicyclic) bond motifs is 2. The van der Waals surface area contributed by atoms with Crippen molar-refractivity contribution >= 4 is 19.9 Å². The van der Waals surface area contributed by atoms with Crippen LogP contribution in [0.3, 0.4) is 0 Å². The fraction of sp³-hybridized carbons (Fsp3) is 0.840. The summed E-state index contributed by atoms with van der Waals surface area (Å²) < 4.78 is 41.4. The molecular weight excluding hydrogens is 757 g/mol. The molecule has 9 heteroatoms. The summed E-state index contributed by atoms with van der Waals surface area (Å²) in [5.74, 6) is 1.96. The van der Waals surface area contributed by atoms with Gasteiger partial charge in [-0.05, 0) is 122 Å². The number of carbonyl (C=O) groups is 2. The van der Waals surface area contributed by atoms with Crippen LogP contribution in [0.5, 0.6) is 0 Å². The van der Waals surface area contributed by atoms with E-state index in [0.717, 1.165) is 68.9 Å². The van der Waals surface area contributed by atoms with E-state index in [1.54, 1.807) is 6.08 Å². The van der Waals surface area contributed by atoms with E-state index in [0.29, 0.717) is 37.5 Å². The molecule has 8 bridgehead atoms. The SMILES string of the molecule is C=C1C2C[C@@H]3O[C@H](C[C@H](C)CC)[C@H](C)[C@H]3CC(=O)CC3CC[C@@H]4O[C@H]([C@@H](C)[C@@H](C)[C@H]4O3)[C@@H](O[Si](C)(C)C(C)(C)C)/C=C/C(=O)CC[C@H]3CC(=C)[C@H](CCC(C[C@H]1C)O2)O3. The van der Waals surface area contributed by atoms with E-state index in [-0.39, 0.29) is 107 Å². The molecule has 0 radical (unpaired) electrons. The second-order valence-electron chi connectivity index (χ2n) is 21.7. The van der Waals surface area contributed by atoms with Crippen molar-refractivity contribution in [3.63, 3.8) is 0 Å². The maximum absolute atomic E-state index is 14.2. The second kappa shape index (κ2) is 19.5. The van der Waals surface area contributed by atoms with Crippen LogP contribution in [0.2, 0.25) is 18.1 Å². The number of allylic oxidation sites excluding steroid dienone is 1. The monoisotopic (exact) mass is 839 g/mol. The minimum Gasteiger partial charge on any atom is -0.408 e. The van der Waals surface area contributed by atoms with Gasteiger partial charge in [-0.25, -0.2) is 0 Å². The molecule has 334 valence electrons. The molecule has 0 saturated carbocycles. The molecule has 0 amide bonds. The summed E-state index contributed by atoms with van der Waals surface area (Å²) in [6, 6.07) is 0. The summed E-state index contributed by atoms with van der Waals surface area (Å²) in [4.78, 5) is 27.7. The quantitative estimate of drug-likeness (QED) is 0.200. The van der Waals surface area contributed by atoms with Crippen molar-refractivity contribution < 1.29 is 37.7 Å². The van der Waals surface area contributed by atoms with Gasteiger partial charge in [0, 0.05) is 25.7 Å². The zero-order chi connectivity index (χ0) is 43.0. The fourth-order valence-electron chi connectivity index (χ4n) is 10.7. The summed E-state index contributed by atoms with van der Waals surface area (Å²) >= 11 is 0. The molecule has 8 aliphatic rings. The number of hydrogen-bond acceptors (Lipinski definition) is 8. The van der Waals surface area contributed by atoms with Gasteiger partial charge in [0.15, 0.2) is 14.1 Å². The van der Waals surface area contributed by atoms with Crippen molar-refractivity contribution in [1.82, 2.24) is 0 Å². The third-order valence-corrected chi connectivity index (χ3v) is 20.8. The van der Waals surface area contributed by atoms with Crippen LogP contribution in [0.15, 0.2) is 36.5 Å². The highest BCUT2D eigenvalue weighted by atomic mass is 28.4. The number of hydrogen-bond donors (Lipinski definition) is 0. The largest absolute Gasteiger partial charge is 0.408 e. The first-order valence-electron chi connectivity index (χ1n) is 23.8. The summed E-state index contributed by atoms with van der Waals surface area (Å²) in [6.45, 7) is 33.9. The van der Waals surface area contributed by atoms with E-state index < -0.39 is 8.32 Å². The molecule has 8 nitrogen and oxygen atoms in total. The molecule has 8 heterocycles. The molecule has 0 aromatic heterocycles. The number of Topliss-reactive ketones (excluding diaryl/α,β-unsaturated/α-hetero) is 1.